The van der Waals surface area contributed by atoms with Crippen LogP contribution in [0.3, 0.4) is 0 Å². The molecule has 0 saturated heterocycles. The standard InChI is InChI=1S/C28H34ClF2N4O7P.C26H29ClF2N4O4.C2H6ClO3P.2H2S/c1-28(2,17-42-43(38,39-4)40-5)13-22(35(3)26(36)33-15-19-7-6-8-23(31)25(19)29)16-41-27(37)34-24-12-20-11-21(30)10-9-18(20)14-32-24;1-26(2,15-34)11-20(33(3)24(35)31-13-17-5-4-6-21(29)23(17)27)14-37-25(36)32-22-10-18-9-19(28)8-7-16(18)12-30-22;1-5-7(3,4)6-2;;/h6-12,14,22H,13,15-17H2,1-5H3,(H,33,36)(H,32,34,37);4-10,12,20,34H,11,13-15H2,1-3H3,(H,31,35)(H,30,32,36);1-2H3;2*1H2/t22-;20-;;;/m00.../s1. The molecule has 6 rings (SSSR count). The number of nitrogens with zero attached hydrogens (tertiary/aromatic N) is 4. The molecule has 0 fully saturated rings. The monoisotopic (exact) mass is 1390 g/mol. The maximum atomic E-state index is 13.8. The molecule has 22 nitrogen and oxygen atoms in total. The fourth-order valence-corrected chi connectivity index (χ4v) is 9.20. The van der Waals surface area contributed by atoms with E-state index in [1.54, 1.807) is 38.1 Å². The lowest BCUT2D eigenvalue weighted by Crippen LogP contribution is -2.48. The van der Waals surface area contributed by atoms with Crippen molar-refractivity contribution in [1.82, 2.24) is 30.4 Å². The Bertz CT molecular complexity index is 3420. The molecule has 2 atom stereocenters. The first-order valence-corrected chi connectivity index (χ1v) is 30.8. The SMILES string of the molecule is CN(C(=O)NCc1cccc(F)c1Cl)[C@H](COC(=O)Nc1cc2cc(F)ccc2cn1)CC(C)(C)CO.COP(=O)(Cl)OC.COP(=O)(OC)OCC(C)(C)C[C@@H](COC(=O)Nc1cc2cc(F)ccc2cn1)N(C)C(=O)NCc1cccc(F)c1Cl.S.S. The van der Waals surface area contributed by atoms with Gasteiger partial charge in [-0.2, -0.15) is 27.0 Å². The molecule has 0 spiro atoms. The number of carbonyl (C=O) groups is 4. The molecule has 0 aliphatic rings. The van der Waals surface area contributed by atoms with Crippen LogP contribution in [-0.2, 0) is 54.3 Å². The van der Waals surface area contributed by atoms with Gasteiger partial charge in [-0.1, -0.05) is 75.2 Å². The van der Waals surface area contributed by atoms with Gasteiger partial charge >= 0.3 is 39.0 Å². The molecule has 0 unspecified atom stereocenters. The number of anilines is 2. The number of ether oxygens (including phenoxy) is 2. The maximum absolute atomic E-state index is 13.8. The molecule has 4 aromatic carbocycles. The van der Waals surface area contributed by atoms with Gasteiger partial charge in [0.15, 0.2) is 0 Å². The maximum Gasteiger partial charge on any atom is 0.474 e. The Labute approximate surface area is 542 Å². The van der Waals surface area contributed by atoms with E-state index in [4.69, 9.17) is 57.5 Å². The van der Waals surface area contributed by atoms with Crippen LogP contribution in [0.2, 0.25) is 10.0 Å². The summed E-state index contributed by atoms with van der Waals surface area (Å²) >= 11 is 17.0. The van der Waals surface area contributed by atoms with Gasteiger partial charge in [-0.25, -0.2) is 55.8 Å². The van der Waals surface area contributed by atoms with Gasteiger partial charge in [0.05, 0.1) is 28.7 Å². The molecule has 0 aliphatic carbocycles. The van der Waals surface area contributed by atoms with E-state index in [9.17, 15) is 51.0 Å². The molecule has 6 amide bonds. The van der Waals surface area contributed by atoms with E-state index in [0.717, 1.165) is 0 Å². The van der Waals surface area contributed by atoms with Crippen LogP contribution in [-0.4, -0.2) is 130 Å². The third kappa shape index (κ3) is 26.2. The number of urea groups is 2. The molecule has 0 saturated carbocycles. The number of aliphatic hydroxyl groups excluding tert-OH is 1. The van der Waals surface area contributed by atoms with Crippen LogP contribution in [0.4, 0.5) is 48.4 Å². The number of rotatable bonds is 24. The molecular formula is C56H73Cl3F4N8O14P2S2. The second-order valence-electron chi connectivity index (χ2n) is 20.6. The van der Waals surface area contributed by atoms with E-state index >= 15 is 0 Å². The predicted octanol–water partition coefficient (Wildman–Crippen LogP) is 13.9. The minimum absolute atomic E-state index is 0. The number of amides is 6. The first-order valence-electron chi connectivity index (χ1n) is 26.1. The minimum atomic E-state index is -3.77. The largest absolute Gasteiger partial charge is 0.474 e. The zero-order chi connectivity index (χ0) is 64.9. The number of aliphatic hydroxyl groups is 1. The van der Waals surface area contributed by atoms with Gasteiger partial charge in [0.1, 0.15) is 48.1 Å². The van der Waals surface area contributed by atoms with E-state index in [1.165, 1.54) is 125 Å². The van der Waals surface area contributed by atoms with Crippen molar-refractivity contribution in [1.29, 1.82) is 0 Å². The minimum Gasteiger partial charge on any atom is -0.447 e. The number of likely N-dealkylation sites (N-methyl/N-ethyl adjacent to an activating group) is 2. The zero-order valence-corrected chi connectivity index (χ0v) is 56.2. The van der Waals surface area contributed by atoms with Crippen LogP contribution < -0.4 is 21.3 Å². The van der Waals surface area contributed by atoms with Crippen molar-refractivity contribution >= 4 is 134 Å². The number of benzene rings is 4. The van der Waals surface area contributed by atoms with Gasteiger partial charge in [0.2, 0.25) is 0 Å². The third-order valence-electron chi connectivity index (χ3n) is 12.8. The van der Waals surface area contributed by atoms with Crippen molar-refractivity contribution in [3.63, 3.8) is 0 Å². The summed E-state index contributed by atoms with van der Waals surface area (Å²) in [6, 6.07) is 17.6. The Balaban J connectivity index is 0.000000540. The summed E-state index contributed by atoms with van der Waals surface area (Å²) in [5, 5.41) is 22.4. The lowest BCUT2D eigenvalue weighted by atomic mass is 9.86. The second-order valence-corrected chi connectivity index (χ2v) is 26.1. The number of pyridine rings is 2. The Hall–Kier alpha value is -5.71. The molecule has 0 bridgehead atoms. The molecule has 6 aromatic rings. The number of carbonyl (C=O) groups excluding carboxylic acids is 4. The Morgan fingerprint density at radius 3 is 1.36 bits per heavy atom. The molecule has 492 valence electrons. The number of hydrogen-bond donors (Lipinski definition) is 5. The first kappa shape index (κ1) is 79.4. The number of phosphoric ester groups is 1. The lowest BCUT2D eigenvalue weighted by Gasteiger charge is -2.35. The van der Waals surface area contributed by atoms with Crippen molar-refractivity contribution in [2.45, 2.75) is 65.7 Å². The highest BCUT2D eigenvalue weighted by molar-refractivity contribution is 7.81. The zero-order valence-electron chi connectivity index (χ0n) is 50.1. The number of fused-ring (bicyclic) bond motifs is 2. The van der Waals surface area contributed by atoms with Gasteiger partial charge in [0, 0.05) is 96.6 Å². The van der Waals surface area contributed by atoms with Gasteiger partial charge in [-0.15, -0.1) is 0 Å². The fourth-order valence-electron chi connectivity index (χ4n) is 7.80. The summed E-state index contributed by atoms with van der Waals surface area (Å²) in [5.41, 5.74) is -0.507. The lowest BCUT2D eigenvalue weighted by molar-refractivity contribution is 0.0633. The Morgan fingerprint density at radius 2 is 1.00 bits per heavy atom. The molecule has 5 N–H and O–H groups in total. The quantitative estimate of drug-likeness (QED) is 0.0278. The number of phosphoric acid groups is 1. The highest BCUT2D eigenvalue weighted by Gasteiger charge is 2.34. The number of nitrogens with one attached hydrogen (secondary N) is 4. The molecule has 2 aromatic heterocycles. The highest BCUT2D eigenvalue weighted by atomic mass is 35.7. The van der Waals surface area contributed by atoms with Gasteiger partial charge in [0.25, 0.3) is 0 Å². The van der Waals surface area contributed by atoms with Gasteiger partial charge < -0.3 is 44.1 Å². The van der Waals surface area contributed by atoms with Crippen molar-refractivity contribution < 1.29 is 83.1 Å². The summed E-state index contributed by atoms with van der Waals surface area (Å²) in [6.07, 6.45) is 1.85. The van der Waals surface area contributed by atoms with Crippen LogP contribution in [0.1, 0.15) is 51.7 Å². The number of aromatic nitrogens is 2. The van der Waals surface area contributed by atoms with Crippen molar-refractivity contribution in [3.05, 3.63) is 142 Å². The Morgan fingerprint density at radius 1 is 0.607 bits per heavy atom. The molecule has 0 radical (unpaired) electrons. The first-order chi connectivity index (χ1) is 40.9. The fraction of sp³-hybridized carbons (Fsp3) is 0.393. The highest BCUT2D eigenvalue weighted by Crippen LogP contribution is 2.51. The van der Waals surface area contributed by atoms with E-state index in [-0.39, 0.29) is 94.6 Å². The molecule has 33 heteroatoms. The van der Waals surface area contributed by atoms with Crippen LogP contribution in [0, 0.1) is 34.1 Å². The van der Waals surface area contributed by atoms with E-state index in [1.807, 2.05) is 13.8 Å². The molecule has 0 aliphatic heterocycles. The van der Waals surface area contributed by atoms with Gasteiger partial charge in [-0.05, 0) is 106 Å². The number of halogens is 7. The average molecular weight is 1390 g/mol. The van der Waals surface area contributed by atoms with E-state index in [2.05, 4.69) is 40.3 Å². The van der Waals surface area contributed by atoms with Crippen molar-refractivity contribution in [3.8, 4) is 0 Å². The smallest absolute Gasteiger partial charge is 0.447 e. The summed E-state index contributed by atoms with van der Waals surface area (Å²) in [4.78, 5) is 62.0. The van der Waals surface area contributed by atoms with Crippen LogP contribution in [0.5, 0.6) is 0 Å². The molecule has 89 heavy (non-hydrogen) atoms. The van der Waals surface area contributed by atoms with Gasteiger partial charge in [-0.3, -0.25) is 24.2 Å². The van der Waals surface area contributed by atoms with Crippen molar-refractivity contribution in [2.75, 3.05) is 79.6 Å². The van der Waals surface area contributed by atoms with E-state index in [0.29, 0.717) is 39.1 Å². The molecule has 2 heterocycles. The van der Waals surface area contributed by atoms with E-state index < -0.39 is 85.2 Å². The third-order valence-corrected chi connectivity index (χ3v) is 16.7. The normalized spacial score (nSPS) is 12.1. The van der Waals surface area contributed by atoms with Crippen LogP contribution in [0.15, 0.2) is 97.3 Å². The summed E-state index contributed by atoms with van der Waals surface area (Å²) in [5.74, 6) is -1.74. The second kappa shape index (κ2) is 37.0. The summed E-state index contributed by atoms with van der Waals surface area (Å²) in [6.45, 7) is 3.31. The summed E-state index contributed by atoms with van der Waals surface area (Å²) < 4.78 is 112. The number of hydrogen-bond acceptors (Lipinski definition) is 16. The van der Waals surface area contributed by atoms with Crippen LogP contribution >= 0.6 is 76.2 Å². The average Bonchev–Trinajstić information content (AvgIpc) is 3.70. The predicted molar refractivity (Wildman–Crippen MR) is 343 cm³/mol. The van der Waals surface area contributed by atoms with Crippen LogP contribution in [0.25, 0.3) is 21.5 Å². The Kier molecular flexibility index (Phi) is 33.0. The summed E-state index contributed by atoms with van der Waals surface area (Å²) in [7, 11) is 4.08. The van der Waals surface area contributed by atoms with Crippen molar-refractivity contribution in [2.24, 2.45) is 10.8 Å². The topological polar surface area (TPSA) is 268 Å². The molecular weight excluding hydrogens is 1320 g/mol.